The average molecular weight is 353 g/mol. The van der Waals surface area contributed by atoms with E-state index in [2.05, 4.69) is 22.1 Å². The molecular formula is C19H19N3O2S. The van der Waals surface area contributed by atoms with Gasteiger partial charge in [0, 0.05) is 25.0 Å². The maximum atomic E-state index is 12.8. The Hall–Kier alpha value is -2.34. The van der Waals surface area contributed by atoms with Crippen molar-refractivity contribution in [2.24, 2.45) is 0 Å². The zero-order valence-electron chi connectivity index (χ0n) is 14.1. The van der Waals surface area contributed by atoms with Crippen molar-refractivity contribution < 1.29 is 9.21 Å². The van der Waals surface area contributed by atoms with Crippen LogP contribution in [-0.2, 0) is 12.0 Å². The Labute approximate surface area is 149 Å². The molecule has 1 amide bonds. The van der Waals surface area contributed by atoms with E-state index >= 15 is 0 Å². The molecule has 0 saturated carbocycles. The maximum Gasteiger partial charge on any atom is 0.257 e. The number of hydrogen-bond acceptors (Lipinski definition) is 4. The normalized spacial score (nSPS) is 22.0. The molecule has 0 bridgehead atoms. The van der Waals surface area contributed by atoms with Crippen molar-refractivity contribution in [3.05, 3.63) is 53.2 Å². The third-order valence-electron chi connectivity index (χ3n) is 5.65. The Bertz CT molecular complexity index is 940. The summed E-state index contributed by atoms with van der Waals surface area (Å²) < 4.78 is 7.65. The molecule has 2 aliphatic heterocycles. The zero-order chi connectivity index (χ0) is 17.0. The molecule has 128 valence electrons. The number of furan rings is 1. The standard InChI is InChI=1S/C19H19N3O2S/c1-13-14(4-9-24-13)17(23)21-7-5-19(12-21)6-8-22-15(11-20-18(19)22)16-3-2-10-25-16/h2-4,9-11H,5-8,12H2,1H3/t19-/m0/s1. The van der Waals surface area contributed by atoms with Crippen LogP contribution in [-0.4, -0.2) is 33.4 Å². The summed E-state index contributed by atoms with van der Waals surface area (Å²) in [6.07, 6.45) is 5.62. The zero-order valence-corrected chi connectivity index (χ0v) is 14.9. The van der Waals surface area contributed by atoms with Crippen LogP contribution in [0.25, 0.3) is 10.6 Å². The Morgan fingerprint density at radius 2 is 2.20 bits per heavy atom. The minimum atomic E-state index is 0.00279. The van der Waals surface area contributed by atoms with Crippen molar-refractivity contribution in [1.29, 1.82) is 0 Å². The van der Waals surface area contributed by atoms with Gasteiger partial charge >= 0.3 is 0 Å². The van der Waals surface area contributed by atoms with Crippen LogP contribution >= 0.6 is 11.3 Å². The van der Waals surface area contributed by atoms with Crippen LogP contribution < -0.4 is 0 Å². The van der Waals surface area contributed by atoms with E-state index in [1.54, 1.807) is 23.7 Å². The highest BCUT2D eigenvalue weighted by Gasteiger charge is 2.48. The van der Waals surface area contributed by atoms with Crippen molar-refractivity contribution in [2.75, 3.05) is 13.1 Å². The predicted molar refractivity (Wildman–Crippen MR) is 95.8 cm³/mol. The van der Waals surface area contributed by atoms with Crippen LogP contribution in [0.5, 0.6) is 0 Å². The van der Waals surface area contributed by atoms with Gasteiger partial charge in [-0.05, 0) is 37.3 Å². The van der Waals surface area contributed by atoms with Crippen LogP contribution in [0.3, 0.4) is 0 Å². The molecule has 1 spiro atoms. The monoisotopic (exact) mass is 353 g/mol. The first kappa shape index (κ1) is 15.0. The molecule has 1 atom stereocenters. The summed E-state index contributed by atoms with van der Waals surface area (Å²) in [6, 6.07) is 5.99. The number of hydrogen-bond donors (Lipinski definition) is 0. The molecule has 25 heavy (non-hydrogen) atoms. The molecule has 5 nitrogen and oxygen atoms in total. The molecule has 3 aromatic rings. The minimum Gasteiger partial charge on any atom is -0.469 e. The van der Waals surface area contributed by atoms with Gasteiger partial charge in [0.25, 0.3) is 5.91 Å². The van der Waals surface area contributed by atoms with Gasteiger partial charge in [-0.15, -0.1) is 11.3 Å². The van der Waals surface area contributed by atoms with Crippen LogP contribution in [0.1, 0.15) is 34.8 Å². The van der Waals surface area contributed by atoms with Crippen LogP contribution in [0.4, 0.5) is 0 Å². The van der Waals surface area contributed by atoms with Gasteiger partial charge in [0.15, 0.2) is 0 Å². The molecule has 5 heterocycles. The summed E-state index contributed by atoms with van der Waals surface area (Å²) in [6.45, 7) is 4.35. The molecule has 0 aliphatic carbocycles. The maximum absolute atomic E-state index is 12.8. The molecule has 2 aliphatic rings. The van der Waals surface area contributed by atoms with Gasteiger partial charge in [-0.25, -0.2) is 4.98 Å². The number of nitrogens with zero attached hydrogens (tertiary/aromatic N) is 3. The number of amides is 1. The van der Waals surface area contributed by atoms with E-state index in [9.17, 15) is 4.79 Å². The summed E-state index contributed by atoms with van der Waals surface area (Å²) in [5.74, 6) is 1.92. The molecule has 0 unspecified atom stereocenters. The lowest BCUT2D eigenvalue weighted by Gasteiger charge is -2.22. The van der Waals surface area contributed by atoms with Crippen LogP contribution in [0, 0.1) is 6.92 Å². The predicted octanol–water partition coefficient (Wildman–Crippen LogP) is 3.70. The Balaban J connectivity index is 1.44. The van der Waals surface area contributed by atoms with Crippen molar-refractivity contribution >= 4 is 17.2 Å². The summed E-state index contributed by atoms with van der Waals surface area (Å²) in [5.41, 5.74) is 1.89. The van der Waals surface area contributed by atoms with E-state index in [0.717, 1.165) is 38.3 Å². The molecule has 1 fully saturated rings. The van der Waals surface area contributed by atoms with Crippen molar-refractivity contribution in [2.45, 2.75) is 31.7 Å². The lowest BCUT2D eigenvalue weighted by Crippen LogP contribution is -2.33. The van der Waals surface area contributed by atoms with Gasteiger partial charge in [-0.1, -0.05) is 6.07 Å². The van der Waals surface area contributed by atoms with Crippen LogP contribution in [0.2, 0.25) is 0 Å². The first-order chi connectivity index (χ1) is 12.2. The second kappa shape index (κ2) is 5.33. The largest absolute Gasteiger partial charge is 0.469 e. The van der Waals surface area contributed by atoms with Gasteiger partial charge in [0.1, 0.15) is 11.6 Å². The topological polar surface area (TPSA) is 51.3 Å². The summed E-state index contributed by atoms with van der Waals surface area (Å²) in [7, 11) is 0. The highest BCUT2D eigenvalue weighted by atomic mass is 32.1. The lowest BCUT2D eigenvalue weighted by molar-refractivity contribution is 0.0781. The van der Waals surface area contributed by atoms with E-state index in [1.807, 2.05) is 18.0 Å². The summed E-state index contributed by atoms with van der Waals surface area (Å²) >= 11 is 1.75. The number of carbonyl (C=O) groups excluding carboxylic acids is 1. The van der Waals surface area contributed by atoms with Gasteiger partial charge < -0.3 is 13.9 Å². The third kappa shape index (κ3) is 2.13. The van der Waals surface area contributed by atoms with Crippen molar-refractivity contribution in [3.8, 4) is 10.6 Å². The van der Waals surface area contributed by atoms with Gasteiger partial charge in [0.2, 0.25) is 0 Å². The lowest BCUT2D eigenvalue weighted by atomic mass is 9.85. The molecular weight excluding hydrogens is 334 g/mol. The fraction of sp³-hybridized carbons (Fsp3) is 0.368. The molecule has 5 rings (SSSR count). The number of rotatable bonds is 2. The number of carbonyl (C=O) groups is 1. The SMILES string of the molecule is Cc1occc1C(=O)N1CC[C@]2(CCn3c(-c4cccs4)cnc32)C1. The Kier molecular flexibility index (Phi) is 3.19. The first-order valence-corrected chi connectivity index (χ1v) is 9.49. The van der Waals surface area contributed by atoms with E-state index < -0.39 is 0 Å². The van der Waals surface area contributed by atoms with E-state index in [4.69, 9.17) is 9.40 Å². The number of thiophene rings is 1. The number of likely N-dealkylation sites (tertiary alicyclic amines) is 1. The number of fused-ring (bicyclic) bond motifs is 2. The van der Waals surface area contributed by atoms with E-state index in [-0.39, 0.29) is 11.3 Å². The number of aromatic nitrogens is 2. The average Bonchev–Trinajstić information content (AvgIpc) is 3.38. The smallest absolute Gasteiger partial charge is 0.257 e. The van der Waals surface area contributed by atoms with Gasteiger partial charge in [-0.3, -0.25) is 4.79 Å². The van der Waals surface area contributed by atoms with Gasteiger partial charge in [-0.2, -0.15) is 0 Å². The van der Waals surface area contributed by atoms with Crippen molar-refractivity contribution in [1.82, 2.24) is 14.5 Å². The summed E-state index contributed by atoms with van der Waals surface area (Å²) in [4.78, 5) is 20.8. The highest BCUT2D eigenvalue weighted by molar-refractivity contribution is 7.13. The third-order valence-corrected chi connectivity index (χ3v) is 6.54. The quantitative estimate of drug-likeness (QED) is 0.706. The Morgan fingerprint density at radius 1 is 1.32 bits per heavy atom. The summed E-state index contributed by atoms with van der Waals surface area (Å²) in [5, 5.41) is 2.10. The first-order valence-electron chi connectivity index (χ1n) is 8.61. The van der Waals surface area contributed by atoms with Crippen molar-refractivity contribution in [3.63, 3.8) is 0 Å². The molecule has 0 radical (unpaired) electrons. The van der Waals surface area contributed by atoms with E-state index in [0.29, 0.717) is 11.3 Å². The second-order valence-corrected chi connectivity index (χ2v) is 7.94. The molecule has 3 aromatic heterocycles. The number of imidazole rings is 1. The second-order valence-electron chi connectivity index (χ2n) is 6.99. The fourth-order valence-corrected chi connectivity index (χ4v) is 5.04. The molecule has 0 N–H and O–H groups in total. The minimum absolute atomic E-state index is 0.00279. The molecule has 1 saturated heterocycles. The fourth-order valence-electron chi connectivity index (χ4n) is 4.29. The molecule has 0 aromatic carbocycles. The molecule has 6 heteroatoms. The Morgan fingerprint density at radius 3 is 2.96 bits per heavy atom. The number of aryl methyl sites for hydroxylation is 1. The van der Waals surface area contributed by atoms with Crippen LogP contribution in [0.15, 0.2) is 40.5 Å². The van der Waals surface area contributed by atoms with E-state index in [1.165, 1.54) is 10.6 Å². The highest BCUT2D eigenvalue weighted by Crippen LogP contribution is 2.44. The van der Waals surface area contributed by atoms with Gasteiger partial charge in [0.05, 0.1) is 28.6 Å².